The maximum atomic E-state index is 12.5. The summed E-state index contributed by atoms with van der Waals surface area (Å²) in [5.41, 5.74) is 2.61. The van der Waals surface area contributed by atoms with Crippen LogP contribution < -0.4 is 15.4 Å². The highest BCUT2D eigenvalue weighted by Crippen LogP contribution is 2.22. The van der Waals surface area contributed by atoms with Gasteiger partial charge in [0.15, 0.2) is 5.96 Å². The van der Waals surface area contributed by atoms with E-state index in [4.69, 9.17) is 0 Å². The molecule has 2 N–H and O–H groups in total. The van der Waals surface area contributed by atoms with Crippen molar-refractivity contribution in [3.05, 3.63) is 44.9 Å². The molecular formula is C17H22F2N4OS. The molecule has 0 aliphatic heterocycles. The van der Waals surface area contributed by atoms with Crippen LogP contribution in [0.1, 0.15) is 26.7 Å². The number of nitrogens with zero attached hydrogens (tertiary/aromatic N) is 2. The van der Waals surface area contributed by atoms with Gasteiger partial charge in [0, 0.05) is 24.0 Å². The third-order valence-electron chi connectivity index (χ3n) is 3.52. The van der Waals surface area contributed by atoms with Crippen LogP contribution in [0.2, 0.25) is 0 Å². The van der Waals surface area contributed by atoms with Gasteiger partial charge in [0.1, 0.15) is 5.75 Å². The number of halogens is 2. The summed E-state index contributed by atoms with van der Waals surface area (Å²) >= 11 is 1.63. The van der Waals surface area contributed by atoms with Crippen LogP contribution in [0.5, 0.6) is 5.75 Å². The summed E-state index contributed by atoms with van der Waals surface area (Å²) < 4.78 is 29.6. The largest absolute Gasteiger partial charge is 0.434 e. The molecule has 8 heteroatoms. The molecule has 1 heterocycles. The van der Waals surface area contributed by atoms with Gasteiger partial charge < -0.3 is 15.4 Å². The number of guanidine groups is 1. The Hall–Kier alpha value is -2.22. The van der Waals surface area contributed by atoms with Crippen molar-refractivity contribution in [3.8, 4) is 5.75 Å². The molecule has 136 valence electrons. The minimum Gasteiger partial charge on any atom is -0.434 e. The highest BCUT2D eigenvalue weighted by atomic mass is 32.1. The predicted molar refractivity (Wildman–Crippen MR) is 96.4 cm³/mol. The number of aromatic nitrogens is 1. The van der Waals surface area contributed by atoms with Crippen LogP contribution in [0.4, 0.5) is 8.78 Å². The predicted octanol–water partition coefficient (Wildman–Crippen LogP) is 3.53. The summed E-state index contributed by atoms with van der Waals surface area (Å²) in [6, 6.07) is 5.11. The van der Waals surface area contributed by atoms with Gasteiger partial charge in [-0.3, -0.25) is 4.99 Å². The Kier molecular flexibility index (Phi) is 6.69. The quantitative estimate of drug-likeness (QED) is 0.605. The van der Waals surface area contributed by atoms with Crippen LogP contribution >= 0.6 is 11.3 Å². The minimum absolute atomic E-state index is 0.164. The number of benzene rings is 1. The second-order valence-electron chi connectivity index (χ2n) is 5.51. The summed E-state index contributed by atoms with van der Waals surface area (Å²) in [5.74, 6) is 0.743. The van der Waals surface area contributed by atoms with Gasteiger partial charge in [0.05, 0.1) is 17.2 Å². The molecule has 0 saturated heterocycles. The van der Waals surface area contributed by atoms with Crippen molar-refractivity contribution in [2.45, 2.75) is 40.5 Å². The van der Waals surface area contributed by atoms with Gasteiger partial charge in [-0.15, -0.1) is 11.3 Å². The molecule has 0 amide bonds. The standard InChI is InChI=1S/C17H22F2N4OS/c1-10-5-6-14(24-16(18)19)13(7-10)8-21-17(20-4)22-9-15-11(2)23-12(3)25-15/h5-7,16H,8-9H2,1-4H3,(H2,20,21,22). The van der Waals surface area contributed by atoms with E-state index in [1.807, 2.05) is 26.8 Å². The number of ether oxygens (including phenoxy) is 1. The number of hydrogen-bond acceptors (Lipinski definition) is 4. The van der Waals surface area contributed by atoms with Gasteiger partial charge in [-0.25, -0.2) is 4.98 Å². The van der Waals surface area contributed by atoms with E-state index in [9.17, 15) is 8.78 Å². The highest BCUT2D eigenvalue weighted by molar-refractivity contribution is 7.11. The zero-order chi connectivity index (χ0) is 18.4. The summed E-state index contributed by atoms with van der Waals surface area (Å²) in [6.07, 6.45) is 0. The van der Waals surface area contributed by atoms with E-state index in [1.165, 1.54) is 0 Å². The van der Waals surface area contributed by atoms with Crippen LogP contribution in [0.15, 0.2) is 23.2 Å². The molecule has 0 spiro atoms. The zero-order valence-electron chi connectivity index (χ0n) is 14.7. The van der Waals surface area contributed by atoms with Crippen molar-refractivity contribution in [2.24, 2.45) is 4.99 Å². The van der Waals surface area contributed by atoms with E-state index in [0.717, 1.165) is 21.1 Å². The van der Waals surface area contributed by atoms with Crippen molar-refractivity contribution in [1.29, 1.82) is 0 Å². The molecule has 0 aliphatic rings. The molecule has 0 atom stereocenters. The fourth-order valence-corrected chi connectivity index (χ4v) is 3.24. The maximum absolute atomic E-state index is 12.5. The monoisotopic (exact) mass is 368 g/mol. The van der Waals surface area contributed by atoms with Gasteiger partial charge >= 0.3 is 6.61 Å². The normalized spacial score (nSPS) is 11.7. The Morgan fingerprint density at radius 1 is 1.24 bits per heavy atom. The number of nitrogens with one attached hydrogen (secondary N) is 2. The second-order valence-corrected chi connectivity index (χ2v) is 6.80. The molecule has 0 bridgehead atoms. The summed E-state index contributed by atoms with van der Waals surface area (Å²) in [5, 5.41) is 7.35. The number of aryl methyl sites for hydroxylation is 3. The molecule has 25 heavy (non-hydrogen) atoms. The van der Waals surface area contributed by atoms with E-state index in [-0.39, 0.29) is 5.75 Å². The number of aliphatic imine (C=N–C) groups is 1. The topological polar surface area (TPSA) is 58.5 Å². The molecule has 2 rings (SSSR count). The highest BCUT2D eigenvalue weighted by Gasteiger charge is 2.11. The number of hydrogen-bond donors (Lipinski definition) is 2. The lowest BCUT2D eigenvalue weighted by molar-refractivity contribution is -0.0504. The average molecular weight is 368 g/mol. The van der Waals surface area contributed by atoms with Gasteiger partial charge in [-0.1, -0.05) is 17.7 Å². The van der Waals surface area contributed by atoms with Crippen LogP contribution in [-0.2, 0) is 13.1 Å². The first-order valence-corrected chi connectivity index (χ1v) is 8.62. The van der Waals surface area contributed by atoms with Crippen molar-refractivity contribution in [2.75, 3.05) is 7.05 Å². The smallest absolute Gasteiger partial charge is 0.387 e. The van der Waals surface area contributed by atoms with Crippen LogP contribution in [0.3, 0.4) is 0 Å². The Labute approximate surface area is 150 Å². The summed E-state index contributed by atoms with van der Waals surface area (Å²) in [4.78, 5) is 9.68. The Bertz CT molecular complexity index is 746. The molecule has 1 aromatic heterocycles. The Balaban J connectivity index is 1.98. The summed E-state index contributed by atoms with van der Waals surface area (Å²) in [6.45, 7) is 3.91. The van der Waals surface area contributed by atoms with Gasteiger partial charge in [-0.05, 0) is 26.8 Å². The van der Waals surface area contributed by atoms with Crippen molar-refractivity contribution >= 4 is 17.3 Å². The van der Waals surface area contributed by atoms with Crippen molar-refractivity contribution in [3.63, 3.8) is 0 Å². The molecule has 0 saturated carbocycles. The van der Waals surface area contributed by atoms with Gasteiger partial charge in [0.25, 0.3) is 0 Å². The molecule has 5 nitrogen and oxygen atoms in total. The Morgan fingerprint density at radius 2 is 1.96 bits per heavy atom. The van der Waals surface area contributed by atoms with Gasteiger partial charge in [0.2, 0.25) is 0 Å². The van der Waals surface area contributed by atoms with E-state index in [1.54, 1.807) is 30.5 Å². The van der Waals surface area contributed by atoms with E-state index in [2.05, 4.69) is 25.3 Å². The SMILES string of the molecule is CN=C(NCc1cc(C)ccc1OC(F)F)NCc1sc(C)nc1C. The lowest BCUT2D eigenvalue weighted by Gasteiger charge is -2.15. The fourth-order valence-electron chi connectivity index (χ4n) is 2.36. The summed E-state index contributed by atoms with van der Waals surface area (Å²) in [7, 11) is 1.66. The van der Waals surface area contributed by atoms with Crippen LogP contribution in [-0.4, -0.2) is 24.6 Å². The molecule has 0 fully saturated rings. The first-order valence-electron chi connectivity index (χ1n) is 7.80. The van der Waals surface area contributed by atoms with E-state index in [0.29, 0.717) is 24.6 Å². The maximum Gasteiger partial charge on any atom is 0.387 e. The number of alkyl halides is 2. The number of rotatable bonds is 6. The molecule has 0 unspecified atom stereocenters. The van der Waals surface area contributed by atoms with E-state index >= 15 is 0 Å². The van der Waals surface area contributed by atoms with Crippen molar-refractivity contribution in [1.82, 2.24) is 15.6 Å². The van der Waals surface area contributed by atoms with Crippen LogP contribution in [0, 0.1) is 20.8 Å². The third kappa shape index (κ3) is 5.67. The molecule has 1 aromatic carbocycles. The molecule has 0 radical (unpaired) electrons. The third-order valence-corrected chi connectivity index (χ3v) is 4.59. The first kappa shape index (κ1) is 19.1. The fraction of sp³-hybridized carbons (Fsp3) is 0.412. The van der Waals surface area contributed by atoms with Gasteiger partial charge in [-0.2, -0.15) is 8.78 Å². The Morgan fingerprint density at radius 3 is 2.56 bits per heavy atom. The first-order chi connectivity index (χ1) is 11.9. The molecular weight excluding hydrogens is 346 g/mol. The van der Waals surface area contributed by atoms with Crippen molar-refractivity contribution < 1.29 is 13.5 Å². The second kappa shape index (κ2) is 8.75. The zero-order valence-corrected chi connectivity index (χ0v) is 15.5. The number of thiazole rings is 1. The van der Waals surface area contributed by atoms with E-state index < -0.39 is 6.61 Å². The minimum atomic E-state index is -2.85. The van der Waals surface area contributed by atoms with Crippen LogP contribution in [0.25, 0.3) is 0 Å². The average Bonchev–Trinajstić information content (AvgIpc) is 2.87. The lowest BCUT2D eigenvalue weighted by Crippen LogP contribution is -2.36. The molecule has 2 aromatic rings. The lowest BCUT2D eigenvalue weighted by atomic mass is 10.1. The molecule has 0 aliphatic carbocycles.